The highest BCUT2D eigenvalue weighted by molar-refractivity contribution is 5.53. The Morgan fingerprint density at radius 1 is 1.08 bits per heavy atom. The number of nitrogens with zero attached hydrogens (tertiary/aromatic N) is 3. The monoisotopic (exact) mass is 329 g/mol. The van der Waals surface area contributed by atoms with Crippen LogP contribution in [0.3, 0.4) is 0 Å². The van der Waals surface area contributed by atoms with Gasteiger partial charge in [-0.2, -0.15) is 0 Å². The minimum Gasteiger partial charge on any atom is -0.252 e. The van der Waals surface area contributed by atoms with Gasteiger partial charge in [0.2, 0.25) is 0 Å². The van der Waals surface area contributed by atoms with E-state index in [1.165, 1.54) is 31.2 Å². The summed E-state index contributed by atoms with van der Waals surface area (Å²) in [5, 5.41) is 7.96. The van der Waals surface area contributed by atoms with Gasteiger partial charge in [-0.1, -0.05) is 68.2 Å². The smallest absolute Gasteiger partial charge is 0.148 e. The van der Waals surface area contributed by atoms with E-state index in [-0.39, 0.29) is 5.83 Å². The van der Waals surface area contributed by atoms with Crippen molar-refractivity contribution >= 4 is 5.83 Å². The summed E-state index contributed by atoms with van der Waals surface area (Å²) in [6.07, 6.45) is 12.0. The van der Waals surface area contributed by atoms with Gasteiger partial charge in [-0.3, -0.25) is 4.68 Å². The number of hydrogen-bond acceptors (Lipinski definition) is 2. The Labute approximate surface area is 144 Å². The maximum Gasteiger partial charge on any atom is 0.148 e. The van der Waals surface area contributed by atoms with E-state index in [0.717, 1.165) is 32.2 Å². The number of aromatic nitrogens is 3. The van der Waals surface area contributed by atoms with Crippen LogP contribution >= 0.6 is 0 Å². The summed E-state index contributed by atoms with van der Waals surface area (Å²) < 4.78 is 15.8. The minimum absolute atomic E-state index is 0.250. The van der Waals surface area contributed by atoms with Crippen molar-refractivity contribution < 1.29 is 4.39 Å². The standard InChI is InChI=1S/C20H28FN3/c1-2-3-4-5-6-10-15-19(21)20-17-24(23-22-20)16-11-14-18-12-8-7-9-13-18/h7-9,12-13,15,17H,2-6,10-11,14,16H2,1H3/b19-15+. The zero-order chi connectivity index (χ0) is 17.0. The largest absolute Gasteiger partial charge is 0.252 e. The van der Waals surface area contributed by atoms with Gasteiger partial charge < -0.3 is 0 Å². The number of allylic oxidation sites excluding steroid dienone is 1. The lowest BCUT2D eigenvalue weighted by molar-refractivity contribution is 0.558. The van der Waals surface area contributed by atoms with Gasteiger partial charge in [-0.25, -0.2) is 4.39 Å². The lowest BCUT2D eigenvalue weighted by Gasteiger charge is -2.01. The Kier molecular flexibility index (Phi) is 8.22. The maximum atomic E-state index is 14.1. The van der Waals surface area contributed by atoms with E-state index in [2.05, 4.69) is 29.4 Å². The first-order valence-electron chi connectivity index (χ1n) is 9.09. The summed E-state index contributed by atoms with van der Waals surface area (Å²) >= 11 is 0. The van der Waals surface area contributed by atoms with Gasteiger partial charge in [0.05, 0.1) is 6.20 Å². The van der Waals surface area contributed by atoms with Gasteiger partial charge in [0.25, 0.3) is 0 Å². The van der Waals surface area contributed by atoms with E-state index in [1.54, 1.807) is 17.0 Å². The van der Waals surface area contributed by atoms with Crippen LogP contribution in [-0.4, -0.2) is 15.0 Å². The average Bonchev–Trinajstić information content (AvgIpc) is 3.08. The molecule has 0 aliphatic heterocycles. The fourth-order valence-corrected chi connectivity index (χ4v) is 2.69. The highest BCUT2D eigenvalue weighted by Crippen LogP contribution is 2.15. The van der Waals surface area contributed by atoms with E-state index in [0.29, 0.717) is 5.69 Å². The van der Waals surface area contributed by atoms with Gasteiger partial charge in [0.1, 0.15) is 11.5 Å². The lowest BCUT2D eigenvalue weighted by Crippen LogP contribution is -2.00. The number of unbranched alkanes of at least 4 members (excludes halogenated alkanes) is 5. The van der Waals surface area contributed by atoms with Crippen molar-refractivity contribution in [3.8, 4) is 0 Å². The molecule has 0 N–H and O–H groups in total. The van der Waals surface area contributed by atoms with E-state index in [1.807, 2.05) is 18.2 Å². The van der Waals surface area contributed by atoms with E-state index < -0.39 is 0 Å². The summed E-state index contributed by atoms with van der Waals surface area (Å²) in [6.45, 7) is 2.95. The first-order chi connectivity index (χ1) is 11.8. The molecule has 0 fully saturated rings. The topological polar surface area (TPSA) is 30.7 Å². The van der Waals surface area contributed by atoms with Crippen LogP contribution in [0.2, 0.25) is 0 Å². The summed E-state index contributed by atoms with van der Waals surface area (Å²) in [5.41, 5.74) is 1.66. The summed E-state index contributed by atoms with van der Waals surface area (Å²) in [6, 6.07) is 10.4. The molecule has 24 heavy (non-hydrogen) atoms. The van der Waals surface area contributed by atoms with Crippen LogP contribution in [0.25, 0.3) is 5.83 Å². The molecule has 0 unspecified atom stereocenters. The van der Waals surface area contributed by atoms with Crippen LogP contribution < -0.4 is 0 Å². The third kappa shape index (κ3) is 6.65. The molecule has 1 aromatic heterocycles. The zero-order valence-electron chi connectivity index (χ0n) is 14.6. The molecule has 1 heterocycles. The fraction of sp³-hybridized carbons (Fsp3) is 0.500. The average molecular weight is 329 g/mol. The zero-order valence-corrected chi connectivity index (χ0v) is 14.6. The number of benzene rings is 1. The molecular weight excluding hydrogens is 301 g/mol. The number of hydrogen-bond donors (Lipinski definition) is 0. The van der Waals surface area contributed by atoms with Crippen molar-refractivity contribution in [2.45, 2.75) is 64.8 Å². The van der Waals surface area contributed by atoms with Crippen molar-refractivity contribution in [2.24, 2.45) is 0 Å². The van der Waals surface area contributed by atoms with Gasteiger partial charge in [-0.05, 0) is 37.3 Å². The Morgan fingerprint density at radius 2 is 1.88 bits per heavy atom. The molecule has 0 saturated heterocycles. The predicted octanol–water partition coefficient (Wildman–Crippen LogP) is 5.58. The first kappa shape index (κ1) is 18.4. The summed E-state index contributed by atoms with van der Waals surface area (Å²) in [4.78, 5) is 0. The molecule has 0 aliphatic rings. The molecule has 2 aromatic rings. The normalized spacial score (nSPS) is 11.8. The van der Waals surface area contributed by atoms with Gasteiger partial charge in [0.15, 0.2) is 0 Å². The molecule has 1 aromatic carbocycles. The number of rotatable bonds is 11. The van der Waals surface area contributed by atoms with Gasteiger partial charge in [-0.15, -0.1) is 5.10 Å². The van der Waals surface area contributed by atoms with Crippen molar-refractivity contribution in [1.82, 2.24) is 15.0 Å². The van der Waals surface area contributed by atoms with E-state index in [4.69, 9.17) is 0 Å². The second-order valence-electron chi connectivity index (χ2n) is 6.21. The molecule has 0 aliphatic carbocycles. The molecule has 0 bridgehead atoms. The second kappa shape index (κ2) is 10.7. The summed E-state index contributed by atoms with van der Waals surface area (Å²) in [5.74, 6) is -0.250. The van der Waals surface area contributed by atoms with E-state index >= 15 is 0 Å². The molecule has 0 spiro atoms. The number of halogens is 1. The Hall–Kier alpha value is -1.97. The molecule has 3 nitrogen and oxygen atoms in total. The molecule has 2 rings (SSSR count). The van der Waals surface area contributed by atoms with Crippen molar-refractivity contribution in [2.75, 3.05) is 0 Å². The third-order valence-corrected chi connectivity index (χ3v) is 4.11. The van der Waals surface area contributed by atoms with Crippen LogP contribution in [-0.2, 0) is 13.0 Å². The highest BCUT2D eigenvalue weighted by Gasteiger charge is 2.06. The highest BCUT2D eigenvalue weighted by atomic mass is 19.1. The SMILES string of the molecule is CCCCCCC/C=C(/F)c1cn(CCCc2ccccc2)nn1. The molecule has 0 radical (unpaired) electrons. The molecule has 0 amide bonds. The Morgan fingerprint density at radius 3 is 2.67 bits per heavy atom. The lowest BCUT2D eigenvalue weighted by atomic mass is 10.1. The quantitative estimate of drug-likeness (QED) is 0.504. The number of aryl methyl sites for hydroxylation is 2. The van der Waals surface area contributed by atoms with Crippen LogP contribution in [0.15, 0.2) is 42.6 Å². The summed E-state index contributed by atoms with van der Waals surface area (Å²) in [7, 11) is 0. The van der Waals surface area contributed by atoms with Crippen molar-refractivity contribution in [1.29, 1.82) is 0 Å². The Balaban J connectivity index is 1.71. The molecule has 4 heteroatoms. The molecule has 0 saturated carbocycles. The van der Waals surface area contributed by atoms with E-state index in [9.17, 15) is 4.39 Å². The third-order valence-electron chi connectivity index (χ3n) is 4.11. The van der Waals surface area contributed by atoms with Crippen LogP contribution in [0.4, 0.5) is 4.39 Å². The van der Waals surface area contributed by atoms with Gasteiger partial charge >= 0.3 is 0 Å². The first-order valence-corrected chi connectivity index (χ1v) is 9.09. The predicted molar refractivity (Wildman–Crippen MR) is 97.2 cm³/mol. The second-order valence-corrected chi connectivity index (χ2v) is 6.21. The Bertz CT molecular complexity index is 604. The maximum absolute atomic E-state index is 14.1. The molecular formula is C20H28FN3. The fourth-order valence-electron chi connectivity index (χ4n) is 2.69. The van der Waals surface area contributed by atoms with Crippen molar-refractivity contribution in [3.05, 3.63) is 53.9 Å². The van der Waals surface area contributed by atoms with Crippen LogP contribution in [0, 0.1) is 0 Å². The molecule has 0 atom stereocenters. The van der Waals surface area contributed by atoms with Crippen molar-refractivity contribution in [3.63, 3.8) is 0 Å². The van der Waals surface area contributed by atoms with Crippen LogP contribution in [0.5, 0.6) is 0 Å². The van der Waals surface area contributed by atoms with Crippen LogP contribution in [0.1, 0.15) is 63.1 Å². The minimum atomic E-state index is -0.250. The molecule has 130 valence electrons. The van der Waals surface area contributed by atoms with Gasteiger partial charge in [0, 0.05) is 6.54 Å².